The zero-order valence-electron chi connectivity index (χ0n) is 13.1. The van der Waals surface area contributed by atoms with Crippen LogP contribution in [0.1, 0.15) is 51.9 Å². The molecule has 2 heterocycles. The fourth-order valence-corrected chi connectivity index (χ4v) is 4.65. The number of hydrogen-bond donors (Lipinski definition) is 0. The molecule has 0 radical (unpaired) electrons. The van der Waals surface area contributed by atoms with Gasteiger partial charge in [0.2, 0.25) is 5.91 Å². The van der Waals surface area contributed by atoms with E-state index in [1.165, 1.54) is 25.7 Å². The lowest BCUT2D eigenvalue weighted by molar-refractivity contribution is -0.131. The predicted molar refractivity (Wildman–Crippen MR) is 81.4 cm³/mol. The number of carbonyl (C=O) groups excluding carboxylic acids is 1. The molecule has 21 heavy (non-hydrogen) atoms. The highest BCUT2D eigenvalue weighted by Crippen LogP contribution is 2.36. The number of piperazine rings is 1. The molecule has 2 saturated heterocycles. The molecule has 2 aliphatic heterocycles. The third-order valence-corrected chi connectivity index (χ3v) is 5.78. The molecular formula is C17H27N3O. The summed E-state index contributed by atoms with van der Waals surface area (Å²) < 4.78 is 0. The molecule has 3 fully saturated rings. The number of nitrogens with zero attached hydrogens (tertiary/aromatic N) is 3. The van der Waals surface area contributed by atoms with Gasteiger partial charge in [-0.3, -0.25) is 9.69 Å². The van der Waals surface area contributed by atoms with Gasteiger partial charge in [-0.2, -0.15) is 5.26 Å². The lowest BCUT2D eigenvalue weighted by atomic mass is 9.76. The van der Waals surface area contributed by atoms with Crippen LogP contribution in [0.5, 0.6) is 0 Å². The lowest BCUT2D eigenvalue weighted by Crippen LogP contribution is -2.56. The summed E-state index contributed by atoms with van der Waals surface area (Å²) in [6.07, 6.45) is 7.77. The van der Waals surface area contributed by atoms with E-state index in [2.05, 4.69) is 22.8 Å². The van der Waals surface area contributed by atoms with Crippen LogP contribution in [0, 0.1) is 23.2 Å². The molecule has 1 amide bonds. The Morgan fingerprint density at radius 3 is 2.90 bits per heavy atom. The second kappa shape index (κ2) is 6.36. The maximum absolute atomic E-state index is 11.8. The molecule has 4 atom stereocenters. The Morgan fingerprint density at radius 2 is 2.14 bits per heavy atom. The molecule has 0 bridgehead atoms. The Bertz CT molecular complexity index is 430. The van der Waals surface area contributed by atoms with Crippen molar-refractivity contribution in [2.75, 3.05) is 19.6 Å². The van der Waals surface area contributed by atoms with E-state index in [1.54, 1.807) is 0 Å². The summed E-state index contributed by atoms with van der Waals surface area (Å²) in [4.78, 5) is 16.4. The first-order chi connectivity index (χ1) is 10.2. The third kappa shape index (κ3) is 2.94. The van der Waals surface area contributed by atoms with Crippen molar-refractivity contribution in [2.45, 2.75) is 64.0 Å². The number of carbonyl (C=O) groups is 1. The Kier molecular flexibility index (Phi) is 4.49. The first-order valence-electron chi connectivity index (χ1n) is 8.66. The summed E-state index contributed by atoms with van der Waals surface area (Å²) in [7, 11) is 0. The average molecular weight is 289 g/mol. The molecule has 116 valence electrons. The van der Waals surface area contributed by atoms with Crippen LogP contribution in [0.15, 0.2) is 0 Å². The number of fused-ring (bicyclic) bond motifs is 1. The van der Waals surface area contributed by atoms with Gasteiger partial charge < -0.3 is 4.90 Å². The normalized spacial score (nSPS) is 37.3. The van der Waals surface area contributed by atoms with E-state index in [1.807, 2.05) is 0 Å². The molecular weight excluding hydrogens is 262 g/mol. The van der Waals surface area contributed by atoms with Crippen LogP contribution in [0.25, 0.3) is 0 Å². The zero-order valence-corrected chi connectivity index (χ0v) is 13.1. The molecule has 4 nitrogen and oxygen atoms in total. The van der Waals surface area contributed by atoms with Crippen LogP contribution in [0.3, 0.4) is 0 Å². The van der Waals surface area contributed by atoms with Crippen molar-refractivity contribution in [3.05, 3.63) is 0 Å². The lowest BCUT2D eigenvalue weighted by Gasteiger charge is -2.45. The van der Waals surface area contributed by atoms with Gasteiger partial charge in [-0.25, -0.2) is 0 Å². The highest BCUT2D eigenvalue weighted by atomic mass is 16.2. The molecule has 0 aromatic carbocycles. The first-order valence-corrected chi connectivity index (χ1v) is 8.66. The Balaban J connectivity index is 1.66. The Labute approximate surface area is 128 Å². The van der Waals surface area contributed by atoms with Gasteiger partial charge in [-0.15, -0.1) is 0 Å². The number of rotatable bonds is 3. The quantitative estimate of drug-likeness (QED) is 0.801. The highest BCUT2D eigenvalue weighted by molar-refractivity contribution is 5.78. The van der Waals surface area contributed by atoms with Crippen molar-refractivity contribution >= 4 is 5.91 Å². The van der Waals surface area contributed by atoms with E-state index in [0.29, 0.717) is 18.0 Å². The van der Waals surface area contributed by atoms with E-state index in [9.17, 15) is 10.1 Å². The molecule has 3 aliphatic rings. The van der Waals surface area contributed by atoms with Crippen molar-refractivity contribution in [3.8, 4) is 6.07 Å². The van der Waals surface area contributed by atoms with Crippen LogP contribution >= 0.6 is 0 Å². The van der Waals surface area contributed by atoms with Gasteiger partial charge in [-0.1, -0.05) is 19.8 Å². The first kappa shape index (κ1) is 14.8. The van der Waals surface area contributed by atoms with Crippen molar-refractivity contribution < 1.29 is 4.79 Å². The van der Waals surface area contributed by atoms with Crippen LogP contribution in [-0.4, -0.2) is 47.4 Å². The van der Waals surface area contributed by atoms with E-state index < -0.39 is 0 Å². The van der Waals surface area contributed by atoms with Crippen LogP contribution in [0.4, 0.5) is 0 Å². The van der Waals surface area contributed by atoms with Gasteiger partial charge in [0, 0.05) is 38.1 Å². The van der Waals surface area contributed by atoms with Gasteiger partial charge in [0.05, 0.1) is 12.0 Å². The molecule has 1 saturated carbocycles. The maximum atomic E-state index is 11.8. The largest absolute Gasteiger partial charge is 0.337 e. The summed E-state index contributed by atoms with van der Waals surface area (Å²) in [6, 6.07) is 3.40. The minimum absolute atomic E-state index is 0.196. The smallest absolute Gasteiger partial charge is 0.222 e. The van der Waals surface area contributed by atoms with E-state index in [0.717, 1.165) is 44.8 Å². The SMILES string of the molecule is CCCC1CCC(C#N)C(N2CCN3C(=O)CCC3C2)C1. The summed E-state index contributed by atoms with van der Waals surface area (Å²) in [5, 5.41) is 9.50. The van der Waals surface area contributed by atoms with Crippen LogP contribution in [0.2, 0.25) is 0 Å². The summed E-state index contributed by atoms with van der Waals surface area (Å²) >= 11 is 0. The molecule has 0 N–H and O–H groups in total. The molecule has 4 unspecified atom stereocenters. The van der Waals surface area contributed by atoms with Crippen LogP contribution in [-0.2, 0) is 4.79 Å². The second-order valence-electron chi connectivity index (χ2n) is 7.05. The summed E-state index contributed by atoms with van der Waals surface area (Å²) in [5.74, 6) is 1.33. The van der Waals surface area contributed by atoms with E-state index >= 15 is 0 Å². The van der Waals surface area contributed by atoms with Gasteiger partial charge in [-0.05, 0) is 31.6 Å². The van der Waals surface area contributed by atoms with Gasteiger partial charge in [0.25, 0.3) is 0 Å². The van der Waals surface area contributed by atoms with Gasteiger partial charge >= 0.3 is 0 Å². The molecule has 3 rings (SSSR count). The second-order valence-corrected chi connectivity index (χ2v) is 7.05. The van der Waals surface area contributed by atoms with Gasteiger partial charge in [0.15, 0.2) is 0 Å². The maximum Gasteiger partial charge on any atom is 0.222 e. The van der Waals surface area contributed by atoms with Crippen molar-refractivity contribution in [1.29, 1.82) is 5.26 Å². The van der Waals surface area contributed by atoms with Crippen molar-refractivity contribution in [2.24, 2.45) is 11.8 Å². The Morgan fingerprint density at radius 1 is 1.29 bits per heavy atom. The van der Waals surface area contributed by atoms with Crippen LogP contribution < -0.4 is 0 Å². The Hall–Kier alpha value is -1.08. The van der Waals surface area contributed by atoms with Gasteiger partial charge in [0.1, 0.15) is 0 Å². The van der Waals surface area contributed by atoms with E-state index in [-0.39, 0.29) is 5.92 Å². The summed E-state index contributed by atoms with van der Waals surface area (Å²) in [5.41, 5.74) is 0. The van der Waals surface area contributed by atoms with Crippen molar-refractivity contribution in [1.82, 2.24) is 9.80 Å². The number of nitriles is 1. The number of hydrogen-bond acceptors (Lipinski definition) is 3. The topological polar surface area (TPSA) is 47.3 Å². The monoisotopic (exact) mass is 289 g/mol. The fourth-order valence-electron chi connectivity index (χ4n) is 4.65. The number of amides is 1. The highest BCUT2D eigenvalue weighted by Gasteiger charge is 2.41. The van der Waals surface area contributed by atoms with Crippen molar-refractivity contribution in [3.63, 3.8) is 0 Å². The fraction of sp³-hybridized carbons (Fsp3) is 0.882. The molecule has 0 aromatic heterocycles. The minimum atomic E-state index is 0.196. The zero-order chi connectivity index (χ0) is 14.8. The minimum Gasteiger partial charge on any atom is -0.337 e. The third-order valence-electron chi connectivity index (χ3n) is 5.78. The predicted octanol–water partition coefficient (Wildman–Crippen LogP) is 2.40. The average Bonchev–Trinajstić information content (AvgIpc) is 2.88. The molecule has 4 heteroatoms. The standard InChI is InChI=1S/C17H27N3O/c1-2-3-13-4-5-14(11-18)16(10-13)19-8-9-20-15(12-19)6-7-17(20)21/h13-16H,2-10,12H2,1H3. The molecule has 0 spiro atoms. The molecule has 0 aromatic rings. The van der Waals surface area contributed by atoms with E-state index in [4.69, 9.17) is 0 Å². The summed E-state index contributed by atoms with van der Waals surface area (Å²) in [6.45, 7) is 5.09. The molecule has 1 aliphatic carbocycles.